The lowest BCUT2D eigenvalue weighted by atomic mass is 10.2. The van der Waals surface area contributed by atoms with Crippen LogP contribution in [0.15, 0.2) is 17.8 Å². The number of aromatic nitrogens is 3. The lowest BCUT2D eigenvalue weighted by Crippen LogP contribution is -2.24. The van der Waals surface area contributed by atoms with Crippen LogP contribution in [-0.2, 0) is 12.8 Å². The van der Waals surface area contributed by atoms with E-state index in [-0.39, 0.29) is 5.91 Å². The standard InChI is InChI=1S/C12H16N4OS/c1-2-9-5-7-18-11(9)12(17)13-6-3-4-10-14-8-15-16-10/h5,7-8H,2-4,6H2,1H3,(H,13,17)(H,14,15,16). The average Bonchev–Trinajstić information content (AvgIpc) is 3.04. The van der Waals surface area contributed by atoms with Crippen LogP contribution in [0.5, 0.6) is 0 Å². The van der Waals surface area contributed by atoms with Gasteiger partial charge in [0.2, 0.25) is 0 Å². The maximum atomic E-state index is 11.9. The number of nitrogens with zero attached hydrogens (tertiary/aromatic N) is 2. The highest BCUT2D eigenvalue weighted by Crippen LogP contribution is 2.16. The second-order valence-corrected chi connectivity index (χ2v) is 4.84. The van der Waals surface area contributed by atoms with Gasteiger partial charge in [0.25, 0.3) is 5.91 Å². The van der Waals surface area contributed by atoms with Crippen LogP contribution in [0.1, 0.15) is 34.4 Å². The molecule has 18 heavy (non-hydrogen) atoms. The molecular weight excluding hydrogens is 248 g/mol. The third-order valence-corrected chi connectivity index (χ3v) is 3.63. The highest BCUT2D eigenvalue weighted by molar-refractivity contribution is 7.12. The Hall–Kier alpha value is -1.69. The van der Waals surface area contributed by atoms with E-state index in [2.05, 4.69) is 27.4 Å². The molecular formula is C12H16N4OS. The van der Waals surface area contributed by atoms with E-state index in [1.807, 2.05) is 11.4 Å². The molecule has 2 N–H and O–H groups in total. The number of hydrogen-bond acceptors (Lipinski definition) is 4. The number of nitrogens with one attached hydrogen (secondary N) is 2. The van der Waals surface area contributed by atoms with Crippen molar-refractivity contribution in [2.45, 2.75) is 26.2 Å². The first-order chi connectivity index (χ1) is 8.81. The predicted octanol–water partition coefficient (Wildman–Crippen LogP) is 1.79. The molecule has 0 aromatic carbocycles. The predicted molar refractivity (Wildman–Crippen MR) is 70.7 cm³/mol. The number of thiophene rings is 1. The van der Waals surface area contributed by atoms with E-state index in [1.54, 1.807) is 0 Å². The highest BCUT2D eigenvalue weighted by Gasteiger charge is 2.10. The quantitative estimate of drug-likeness (QED) is 0.781. The van der Waals surface area contributed by atoms with Crippen LogP contribution < -0.4 is 5.32 Å². The summed E-state index contributed by atoms with van der Waals surface area (Å²) in [7, 11) is 0. The van der Waals surface area contributed by atoms with Crippen molar-refractivity contribution in [2.24, 2.45) is 0 Å². The van der Waals surface area contributed by atoms with E-state index >= 15 is 0 Å². The van der Waals surface area contributed by atoms with Crippen molar-refractivity contribution in [3.05, 3.63) is 34.0 Å². The second-order valence-electron chi connectivity index (χ2n) is 3.92. The summed E-state index contributed by atoms with van der Waals surface area (Å²) in [5.74, 6) is 0.883. The van der Waals surface area contributed by atoms with Crippen LogP contribution in [-0.4, -0.2) is 27.6 Å². The van der Waals surface area contributed by atoms with Crippen LogP contribution in [0.25, 0.3) is 0 Å². The lowest BCUT2D eigenvalue weighted by molar-refractivity contribution is 0.0956. The first-order valence-corrected chi connectivity index (χ1v) is 6.88. The summed E-state index contributed by atoms with van der Waals surface area (Å²) in [6.07, 6.45) is 4.04. The van der Waals surface area contributed by atoms with Gasteiger partial charge in [0.05, 0.1) is 4.88 Å². The molecule has 2 rings (SSSR count). The monoisotopic (exact) mass is 264 g/mol. The van der Waals surface area contributed by atoms with E-state index < -0.39 is 0 Å². The molecule has 0 aliphatic heterocycles. The maximum absolute atomic E-state index is 11.9. The fraction of sp³-hybridized carbons (Fsp3) is 0.417. The van der Waals surface area contributed by atoms with E-state index in [0.717, 1.165) is 35.5 Å². The summed E-state index contributed by atoms with van der Waals surface area (Å²) in [6.45, 7) is 2.71. The molecule has 0 aliphatic rings. The number of aromatic amines is 1. The smallest absolute Gasteiger partial charge is 0.261 e. The Kier molecular flexibility index (Phi) is 4.46. The topological polar surface area (TPSA) is 70.7 Å². The molecule has 0 spiro atoms. The zero-order chi connectivity index (χ0) is 12.8. The minimum Gasteiger partial charge on any atom is -0.351 e. The van der Waals surface area contributed by atoms with Crippen molar-refractivity contribution in [1.29, 1.82) is 0 Å². The van der Waals surface area contributed by atoms with Crippen molar-refractivity contribution in [3.63, 3.8) is 0 Å². The van der Waals surface area contributed by atoms with Crippen LogP contribution in [0, 0.1) is 0 Å². The molecule has 5 nitrogen and oxygen atoms in total. The Bertz CT molecular complexity index is 492. The summed E-state index contributed by atoms with van der Waals surface area (Å²) in [5, 5.41) is 11.5. The van der Waals surface area contributed by atoms with Gasteiger partial charge in [0.15, 0.2) is 0 Å². The zero-order valence-corrected chi connectivity index (χ0v) is 11.1. The van der Waals surface area contributed by atoms with Crippen molar-refractivity contribution < 1.29 is 4.79 Å². The van der Waals surface area contributed by atoms with E-state index in [4.69, 9.17) is 0 Å². The number of carbonyl (C=O) groups excluding carboxylic acids is 1. The summed E-state index contributed by atoms with van der Waals surface area (Å²) in [4.78, 5) is 16.8. The van der Waals surface area contributed by atoms with Gasteiger partial charge in [-0.25, -0.2) is 4.98 Å². The molecule has 0 atom stereocenters. The molecule has 0 radical (unpaired) electrons. The Morgan fingerprint density at radius 2 is 2.44 bits per heavy atom. The number of hydrogen-bond donors (Lipinski definition) is 2. The molecule has 0 fully saturated rings. The van der Waals surface area contributed by atoms with Crippen LogP contribution in [0.4, 0.5) is 0 Å². The number of rotatable bonds is 6. The summed E-state index contributed by atoms with van der Waals surface area (Å²) in [5.41, 5.74) is 1.12. The van der Waals surface area contributed by atoms with Gasteiger partial charge in [-0.05, 0) is 29.9 Å². The van der Waals surface area contributed by atoms with Crippen LogP contribution in [0.2, 0.25) is 0 Å². The molecule has 1 amide bonds. The average molecular weight is 264 g/mol. The molecule has 2 heterocycles. The summed E-state index contributed by atoms with van der Waals surface area (Å²) >= 11 is 1.50. The third kappa shape index (κ3) is 3.16. The number of carbonyl (C=O) groups is 1. The van der Waals surface area contributed by atoms with E-state index in [9.17, 15) is 4.79 Å². The molecule has 2 aromatic rings. The molecule has 0 unspecified atom stereocenters. The van der Waals surface area contributed by atoms with Gasteiger partial charge in [0.1, 0.15) is 12.2 Å². The fourth-order valence-electron chi connectivity index (χ4n) is 1.70. The van der Waals surface area contributed by atoms with Crippen LogP contribution >= 0.6 is 11.3 Å². The Labute approximate surface area is 110 Å². The van der Waals surface area contributed by atoms with E-state index in [0.29, 0.717) is 6.54 Å². The number of H-pyrrole nitrogens is 1. The minimum absolute atomic E-state index is 0.0272. The Morgan fingerprint density at radius 1 is 1.56 bits per heavy atom. The minimum atomic E-state index is 0.0272. The molecule has 0 bridgehead atoms. The van der Waals surface area contributed by atoms with Gasteiger partial charge >= 0.3 is 0 Å². The Morgan fingerprint density at radius 3 is 3.17 bits per heavy atom. The third-order valence-electron chi connectivity index (χ3n) is 2.67. The molecule has 2 aromatic heterocycles. The normalized spacial score (nSPS) is 10.5. The summed E-state index contributed by atoms with van der Waals surface area (Å²) in [6, 6.07) is 2.01. The molecule has 0 aliphatic carbocycles. The van der Waals surface area contributed by atoms with E-state index in [1.165, 1.54) is 17.7 Å². The van der Waals surface area contributed by atoms with Gasteiger partial charge in [-0.2, -0.15) is 5.10 Å². The van der Waals surface area contributed by atoms with Crippen molar-refractivity contribution in [3.8, 4) is 0 Å². The van der Waals surface area contributed by atoms with Gasteiger partial charge in [-0.3, -0.25) is 9.89 Å². The molecule has 6 heteroatoms. The van der Waals surface area contributed by atoms with Crippen molar-refractivity contribution >= 4 is 17.2 Å². The van der Waals surface area contributed by atoms with Crippen LogP contribution in [0.3, 0.4) is 0 Å². The second kappa shape index (κ2) is 6.30. The molecule has 0 saturated heterocycles. The summed E-state index contributed by atoms with van der Waals surface area (Å²) < 4.78 is 0. The zero-order valence-electron chi connectivity index (χ0n) is 10.3. The first kappa shape index (κ1) is 12.8. The lowest BCUT2D eigenvalue weighted by Gasteiger charge is -2.04. The molecule has 0 saturated carbocycles. The SMILES string of the molecule is CCc1ccsc1C(=O)NCCCc1ncn[nH]1. The van der Waals surface area contributed by atoms with Crippen molar-refractivity contribution in [1.82, 2.24) is 20.5 Å². The number of amides is 1. The first-order valence-electron chi connectivity index (χ1n) is 6.00. The number of aryl methyl sites for hydroxylation is 2. The Balaban J connectivity index is 1.75. The van der Waals surface area contributed by atoms with Gasteiger partial charge in [-0.1, -0.05) is 6.92 Å². The molecule has 96 valence electrons. The fourth-order valence-corrected chi connectivity index (χ4v) is 2.61. The largest absolute Gasteiger partial charge is 0.351 e. The van der Waals surface area contributed by atoms with Crippen molar-refractivity contribution in [2.75, 3.05) is 6.54 Å². The maximum Gasteiger partial charge on any atom is 0.261 e. The van der Waals surface area contributed by atoms with Gasteiger partial charge < -0.3 is 5.32 Å². The van der Waals surface area contributed by atoms with Gasteiger partial charge in [0, 0.05) is 13.0 Å². The van der Waals surface area contributed by atoms with Gasteiger partial charge in [-0.15, -0.1) is 11.3 Å². The highest BCUT2D eigenvalue weighted by atomic mass is 32.1.